The third-order valence-corrected chi connectivity index (χ3v) is 2.44. The van der Waals surface area contributed by atoms with Crippen LogP contribution in [0.1, 0.15) is 13.8 Å². The number of hydrogen-bond acceptors (Lipinski definition) is 4. The summed E-state index contributed by atoms with van der Waals surface area (Å²) in [6.45, 7) is 4.02. The Morgan fingerprint density at radius 1 is 1.00 bits per heavy atom. The summed E-state index contributed by atoms with van der Waals surface area (Å²) in [5, 5.41) is 11.2. The monoisotopic (exact) mass is 243 g/mol. The van der Waals surface area contributed by atoms with Crippen LogP contribution in [0, 0.1) is 0 Å². The Morgan fingerprint density at radius 3 is 2.22 bits per heavy atom. The Bertz CT molecular complexity index is 491. The molecule has 18 heavy (non-hydrogen) atoms. The maximum atomic E-state index is 5.60. The molecule has 2 rings (SSSR count). The second-order valence-electron chi connectivity index (χ2n) is 4.24. The van der Waals surface area contributed by atoms with Crippen molar-refractivity contribution in [1.29, 1.82) is 0 Å². The first kappa shape index (κ1) is 12.4. The van der Waals surface area contributed by atoms with Crippen molar-refractivity contribution < 1.29 is 4.74 Å². The quantitative estimate of drug-likeness (QED) is 0.896. The summed E-state index contributed by atoms with van der Waals surface area (Å²) < 4.78 is 5.60. The number of nitrogens with one attached hydrogen (secondary N) is 1. The minimum atomic E-state index is 0.186. The van der Waals surface area contributed by atoms with Crippen LogP contribution in [-0.2, 0) is 0 Å². The van der Waals surface area contributed by atoms with Crippen LogP contribution < -0.4 is 10.1 Å². The molecule has 0 unspecified atom stereocenters. The predicted molar refractivity (Wildman–Crippen MR) is 72.8 cm³/mol. The zero-order valence-electron chi connectivity index (χ0n) is 10.8. The molecule has 0 saturated heterocycles. The Balaban J connectivity index is 2.17. The van der Waals surface area contributed by atoms with Crippen molar-refractivity contribution in [2.24, 2.45) is 0 Å². The summed E-state index contributed by atoms with van der Waals surface area (Å²) in [5.41, 5.74) is 1.88. The predicted octanol–water partition coefficient (Wildman–Crippen LogP) is 2.97. The summed E-state index contributed by atoms with van der Waals surface area (Å²) >= 11 is 0. The molecule has 0 radical (unpaired) electrons. The van der Waals surface area contributed by atoms with Gasteiger partial charge in [-0.2, -0.15) is 0 Å². The molecule has 94 valence electrons. The normalized spacial score (nSPS) is 10.4. The maximum absolute atomic E-state index is 5.60. The molecule has 0 saturated carbocycles. The van der Waals surface area contributed by atoms with E-state index in [0.29, 0.717) is 0 Å². The molecule has 0 aliphatic rings. The Morgan fingerprint density at radius 2 is 1.72 bits per heavy atom. The van der Waals surface area contributed by atoms with Gasteiger partial charge in [0.1, 0.15) is 11.6 Å². The van der Waals surface area contributed by atoms with Gasteiger partial charge in [0.15, 0.2) is 0 Å². The standard InChI is InChI=1S/C14H17N3O/c1-10(2)18-12-6-4-11(5-7-12)13-8-9-14(15-3)17-16-13/h4-10H,1-3H3,(H,15,17). The van der Waals surface area contributed by atoms with E-state index in [9.17, 15) is 0 Å². The van der Waals surface area contributed by atoms with E-state index in [-0.39, 0.29) is 6.10 Å². The highest BCUT2D eigenvalue weighted by Crippen LogP contribution is 2.21. The van der Waals surface area contributed by atoms with Gasteiger partial charge in [-0.25, -0.2) is 0 Å². The summed E-state index contributed by atoms with van der Waals surface area (Å²) in [7, 11) is 1.82. The maximum Gasteiger partial charge on any atom is 0.148 e. The molecular weight excluding hydrogens is 226 g/mol. The van der Waals surface area contributed by atoms with Crippen molar-refractivity contribution in [2.75, 3.05) is 12.4 Å². The Labute approximate surface area is 107 Å². The lowest BCUT2D eigenvalue weighted by Crippen LogP contribution is -2.05. The van der Waals surface area contributed by atoms with E-state index >= 15 is 0 Å². The number of aromatic nitrogens is 2. The van der Waals surface area contributed by atoms with Crippen LogP contribution in [0.2, 0.25) is 0 Å². The first-order valence-electron chi connectivity index (χ1n) is 5.97. The number of nitrogens with zero attached hydrogens (tertiary/aromatic N) is 2. The fourth-order valence-electron chi connectivity index (χ4n) is 1.60. The van der Waals surface area contributed by atoms with Gasteiger partial charge in [-0.05, 0) is 50.2 Å². The highest BCUT2D eigenvalue weighted by molar-refractivity contribution is 5.60. The van der Waals surface area contributed by atoms with E-state index in [2.05, 4.69) is 15.5 Å². The third-order valence-electron chi connectivity index (χ3n) is 2.44. The van der Waals surface area contributed by atoms with Gasteiger partial charge in [0, 0.05) is 12.6 Å². The molecule has 0 aliphatic heterocycles. The van der Waals surface area contributed by atoms with Crippen LogP contribution in [0.15, 0.2) is 36.4 Å². The van der Waals surface area contributed by atoms with E-state index in [1.807, 2.05) is 57.3 Å². The summed E-state index contributed by atoms with van der Waals surface area (Å²) in [5.74, 6) is 1.63. The highest BCUT2D eigenvalue weighted by atomic mass is 16.5. The zero-order chi connectivity index (χ0) is 13.0. The topological polar surface area (TPSA) is 47.0 Å². The first-order valence-corrected chi connectivity index (χ1v) is 5.97. The van der Waals surface area contributed by atoms with Crippen LogP contribution in [0.4, 0.5) is 5.82 Å². The minimum Gasteiger partial charge on any atom is -0.491 e. The lowest BCUT2D eigenvalue weighted by atomic mass is 10.1. The average molecular weight is 243 g/mol. The molecule has 0 atom stereocenters. The fraction of sp³-hybridized carbons (Fsp3) is 0.286. The van der Waals surface area contributed by atoms with Crippen molar-refractivity contribution in [3.63, 3.8) is 0 Å². The van der Waals surface area contributed by atoms with E-state index in [1.165, 1.54) is 0 Å². The van der Waals surface area contributed by atoms with Gasteiger partial charge in [0.2, 0.25) is 0 Å². The summed E-state index contributed by atoms with van der Waals surface area (Å²) in [6, 6.07) is 11.7. The number of benzene rings is 1. The van der Waals surface area contributed by atoms with Crippen LogP contribution in [0.3, 0.4) is 0 Å². The van der Waals surface area contributed by atoms with E-state index in [0.717, 1.165) is 22.8 Å². The first-order chi connectivity index (χ1) is 8.69. The van der Waals surface area contributed by atoms with Crippen LogP contribution in [0.25, 0.3) is 11.3 Å². The van der Waals surface area contributed by atoms with Gasteiger partial charge in [-0.3, -0.25) is 0 Å². The van der Waals surface area contributed by atoms with Crippen LogP contribution in [-0.4, -0.2) is 23.3 Å². The molecule has 2 aromatic rings. The molecule has 0 spiro atoms. The molecule has 1 aromatic heterocycles. The SMILES string of the molecule is CNc1ccc(-c2ccc(OC(C)C)cc2)nn1. The Hall–Kier alpha value is -2.10. The Kier molecular flexibility index (Phi) is 3.77. The highest BCUT2D eigenvalue weighted by Gasteiger charge is 2.02. The second-order valence-corrected chi connectivity index (χ2v) is 4.24. The molecule has 4 heteroatoms. The number of hydrogen-bond donors (Lipinski definition) is 1. The van der Waals surface area contributed by atoms with Gasteiger partial charge in [0.25, 0.3) is 0 Å². The van der Waals surface area contributed by atoms with Gasteiger partial charge >= 0.3 is 0 Å². The van der Waals surface area contributed by atoms with Gasteiger partial charge in [-0.15, -0.1) is 10.2 Å². The largest absolute Gasteiger partial charge is 0.491 e. The number of anilines is 1. The second kappa shape index (κ2) is 5.49. The van der Waals surface area contributed by atoms with Crippen molar-refractivity contribution in [1.82, 2.24) is 10.2 Å². The summed E-state index contributed by atoms with van der Waals surface area (Å²) in [6.07, 6.45) is 0.186. The van der Waals surface area contributed by atoms with E-state index in [4.69, 9.17) is 4.74 Å². The minimum absolute atomic E-state index is 0.186. The molecule has 4 nitrogen and oxygen atoms in total. The lowest BCUT2D eigenvalue weighted by molar-refractivity contribution is 0.242. The van der Waals surface area contributed by atoms with E-state index < -0.39 is 0 Å². The molecule has 1 N–H and O–H groups in total. The molecule has 0 bridgehead atoms. The lowest BCUT2D eigenvalue weighted by Gasteiger charge is -2.09. The molecular formula is C14H17N3O. The van der Waals surface area contributed by atoms with Crippen molar-refractivity contribution in [3.8, 4) is 17.0 Å². The molecule has 1 heterocycles. The van der Waals surface area contributed by atoms with Crippen molar-refractivity contribution >= 4 is 5.82 Å². The third kappa shape index (κ3) is 2.97. The van der Waals surface area contributed by atoms with Crippen molar-refractivity contribution in [2.45, 2.75) is 20.0 Å². The molecule has 1 aromatic carbocycles. The zero-order valence-corrected chi connectivity index (χ0v) is 10.8. The molecule has 0 aliphatic carbocycles. The number of rotatable bonds is 4. The van der Waals surface area contributed by atoms with Gasteiger partial charge in [0.05, 0.1) is 11.8 Å². The van der Waals surface area contributed by atoms with Crippen molar-refractivity contribution in [3.05, 3.63) is 36.4 Å². The summed E-state index contributed by atoms with van der Waals surface area (Å²) in [4.78, 5) is 0. The van der Waals surface area contributed by atoms with Crippen LogP contribution in [0.5, 0.6) is 5.75 Å². The molecule has 0 fully saturated rings. The van der Waals surface area contributed by atoms with Gasteiger partial charge < -0.3 is 10.1 Å². The van der Waals surface area contributed by atoms with Crippen LogP contribution >= 0.6 is 0 Å². The van der Waals surface area contributed by atoms with E-state index in [1.54, 1.807) is 0 Å². The fourth-order valence-corrected chi connectivity index (χ4v) is 1.60. The molecule has 0 amide bonds. The average Bonchev–Trinajstić information content (AvgIpc) is 2.39. The van der Waals surface area contributed by atoms with Gasteiger partial charge in [-0.1, -0.05) is 0 Å². The smallest absolute Gasteiger partial charge is 0.148 e. The number of ether oxygens (including phenoxy) is 1.